The summed E-state index contributed by atoms with van der Waals surface area (Å²) in [7, 11) is 0. The minimum absolute atomic E-state index is 0.0849. The normalized spacial score (nSPS) is 9.14. The van der Waals surface area contributed by atoms with Crippen LogP contribution in [0.2, 0.25) is 0 Å². The minimum Gasteiger partial charge on any atom is -0.298 e. The first-order chi connectivity index (χ1) is 6.61. The molecule has 0 saturated heterocycles. The maximum absolute atomic E-state index is 10.6. The fourth-order valence-corrected chi connectivity index (χ4v) is 1.13. The van der Waals surface area contributed by atoms with Crippen molar-refractivity contribution in [3.8, 4) is 6.07 Å². The van der Waals surface area contributed by atoms with Gasteiger partial charge in [0.25, 0.3) is 5.69 Å². The van der Waals surface area contributed by atoms with E-state index in [1.807, 2.05) is 0 Å². The van der Waals surface area contributed by atoms with Crippen molar-refractivity contribution < 1.29 is 9.72 Å². The number of aldehydes is 1. The van der Waals surface area contributed by atoms with E-state index in [0.717, 1.165) is 0 Å². The number of aryl methyl sites for hydroxylation is 1. The van der Waals surface area contributed by atoms with Gasteiger partial charge in [0.1, 0.15) is 11.6 Å². The SMILES string of the molecule is Cc1ccc([N+](=O)[O-])c(C#N)c1C=O. The topological polar surface area (TPSA) is 84.0 Å². The molecule has 0 aliphatic heterocycles. The average molecular weight is 190 g/mol. The highest BCUT2D eigenvalue weighted by Gasteiger charge is 2.18. The maximum atomic E-state index is 10.6. The summed E-state index contributed by atoms with van der Waals surface area (Å²) < 4.78 is 0. The highest BCUT2D eigenvalue weighted by atomic mass is 16.6. The van der Waals surface area contributed by atoms with Crippen LogP contribution in [0.5, 0.6) is 0 Å². The number of carbonyl (C=O) groups excluding carboxylic acids is 1. The van der Waals surface area contributed by atoms with Crippen LogP contribution in [0.1, 0.15) is 21.5 Å². The zero-order valence-electron chi connectivity index (χ0n) is 7.35. The lowest BCUT2D eigenvalue weighted by molar-refractivity contribution is -0.385. The monoisotopic (exact) mass is 190 g/mol. The van der Waals surface area contributed by atoms with Crippen LogP contribution in [0.4, 0.5) is 5.69 Å². The molecule has 0 bridgehead atoms. The lowest BCUT2D eigenvalue weighted by atomic mass is 10.0. The lowest BCUT2D eigenvalue weighted by Gasteiger charge is -2.00. The Morgan fingerprint density at radius 1 is 1.57 bits per heavy atom. The smallest absolute Gasteiger partial charge is 0.287 e. The summed E-state index contributed by atoms with van der Waals surface area (Å²) in [5.41, 5.74) is 0.133. The molecule has 0 heterocycles. The van der Waals surface area contributed by atoms with Gasteiger partial charge in [-0.15, -0.1) is 0 Å². The second kappa shape index (κ2) is 3.66. The van der Waals surface area contributed by atoms with Crippen molar-refractivity contribution in [1.82, 2.24) is 0 Å². The largest absolute Gasteiger partial charge is 0.298 e. The second-order valence-corrected chi connectivity index (χ2v) is 2.68. The Kier molecular flexibility index (Phi) is 2.58. The fraction of sp³-hybridized carbons (Fsp3) is 0.111. The molecule has 0 atom stereocenters. The fourth-order valence-electron chi connectivity index (χ4n) is 1.13. The van der Waals surface area contributed by atoms with Gasteiger partial charge in [0.15, 0.2) is 6.29 Å². The van der Waals surface area contributed by atoms with Gasteiger partial charge in [0, 0.05) is 11.6 Å². The van der Waals surface area contributed by atoms with E-state index in [1.165, 1.54) is 12.1 Å². The Balaban J connectivity index is 3.58. The van der Waals surface area contributed by atoms with E-state index in [-0.39, 0.29) is 16.8 Å². The van der Waals surface area contributed by atoms with Crippen LogP contribution in [0.25, 0.3) is 0 Å². The number of carbonyl (C=O) groups is 1. The van der Waals surface area contributed by atoms with Gasteiger partial charge in [0.05, 0.1) is 4.92 Å². The molecule has 5 heteroatoms. The van der Waals surface area contributed by atoms with E-state index in [0.29, 0.717) is 11.8 Å². The van der Waals surface area contributed by atoms with Crippen LogP contribution < -0.4 is 0 Å². The molecule has 70 valence electrons. The molecular weight excluding hydrogens is 184 g/mol. The van der Waals surface area contributed by atoms with Crippen molar-refractivity contribution in [1.29, 1.82) is 5.26 Å². The molecule has 0 unspecified atom stereocenters. The highest BCUT2D eigenvalue weighted by molar-refractivity contribution is 5.84. The number of rotatable bonds is 2. The van der Waals surface area contributed by atoms with Crippen molar-refractivity contribution in [2.45, 2.75) is 6.92 Å². The van der Waals surface area contributed by atoms with Gasteiger partial charge >= 0.3 is 0 Å². The first-order valence-electron chi connectivity index (χ1n) is 3.75. The van der Waals surface area contributed by atoms with E-state index >= 15 is 0 Å². The van der Waals surface area contributed by atoms with Gasteiger partial charge in [-0.25, -0.2) is 0 Å². The average Bonchev–Trinajstić information content (AvgIpc) is 2.16. The third kappa shape index (κ3) is 1.45. The number of nitriles is 1. The maximum Gasteiger partial charge on any atom is 0.287 e. The summed E-state index contributed by atoms with van der Waals surface area (Å²) >= 11 is 0. The summed E-state index contributed by atoms with van der Waals surface area (Å²) in [5.74, 6) is 0. The van der Waals surface area contributed by atoms with Crippen molar-refractivity contribution in [3.63, 3.8) is 0 Å². The molecule has 0 radical (unpaired) electrons. The Labute approximate surface area is 79.7 Å². The van der Waals surface area contributed by atoms with E-state index in [1.54, 1.807) is 13.0 Å². The molecule has 0 spiro atoms. The molecule has 0 aromatic heterocycles. The van der Waals surface area contributed by atoms with Crippen molar-refractivity contribution in [3.05, 3.63) is 38.9 Å². The van der Waals surface area contributed by atoms with Crippen LogP contribution >= 0.6 is 0 Å². The first kappa shape index (κ1) is 9.86. The molecule has 0 aliphatic rings. The second-order valence-electron chi connectivity index (χ2n) is 2.68. The number of benzene rings is 1. The molecule has 14 heavy (non-hydrogen) atoms. The van der Waals surface area contributed by atoms with Gasteiger partial charge in [-0.2, -0.15) is 5.26 Å². The molecule has 1 aromatic carbocycles. The third-order valence-corrected chi connectivity index (χ3v) is 1.87. The highest BCUT2D eigenvalue weighted by Crippen LogP contribution is 2.22. The Morgan fingerprint density at radius 2 is 2.21 bits per heavy atom. The standard InChI is InChI=1S/C9H6N2O3/c1-6-2-3-9(11(13)14)7(4-10)8(6)5-12/h2-3,5H,1H3. The van der Waals surface area contributed by atoms with E-state index < -0.39 is 4.92 Å². The number of hydrogen-bond acceptors (Lipinski definition) is 4. The van der Waals surface area contributed by atoms with Gasteiger partial charge < -0.3 is 0 Å². The zero-order valence-corrected chi connectivity index (χ0v) is 7.35. The Bertz CT molecular complexity index is 446. The number of nitrogens with zero attached hydrogens (tertiary/aromatic N) is 2. The molecule has 1 rings (SSSR count). The number of hydrogen-bond donors (Lipinski definition) is 0. The predicted molar refractivity (Wildman–Crippen MR) is 47.9 cm³/mol. The van der Waals surface area contributed by atoms with E-state index in [9.17, 15) is 14.9 Å². The quantitative estimate of drug-likeness (QED) is 0.402. The molecule has 0 saturated carbocycles. The number of nitro benzene ring substituents is 1. The molecule has 1 aromatic rings. The van der Waals surface area contributed by atoms with Crippen LogP contribution in [0.15, 0.2) is 12.1 Å². The van der Waals surface area contributed by atoms with Crippen molar-refractivity contribution in [2.24, 2.45) is 0 Å². The summed E-state index contributed by atoms with van der Waals surface area (Å²) in [6.45, 7) is 1.62. The van der Waals surface area contributed by atoms with Gasteiger partial charge in [-0.05, 0) is 12.5 Å². The van der Waals surface area contributed by atoms with Crippen LogP contribution in [-0.2, 0) is 0 Å². The molecule has 0 N–H and O–H groups in total. The molecule has 0 aliphatic carbocycles. The van der Waals surface area contributed by atoms with Gasteiger partial charge in [-0.3, -0.25) is 14.9 Å². The van der Waals surface area contributed by atoms with Crippen LogP contribution in [0, 0.1) is 28.4 Å². The number of nitro groups is 1. The zero-order chi connectivity index (χ0) is 10.7. The van der Waals surface area contributed by atoms with Gasteiger partial charge in [-0.1, -0.05) is 6.07 Å². The molecule has 5 nitrogen and oxygen atoms in total. The van der Waals surface area contributed by atoms with Crippen LogP contribution in [-0.4, -0.2) is 11.2 Å². The molecular formula is C9H6N2O3. The lowest BCUT2D eigenvalue weighted by Crippen LogP contribution is -1.98. The predicted octanol–water partition coefficient (Wildman–Crippen LogP) is 1.59. The van der Waals surface area contributed by atoms with Crippen LogP contribution in [0.3, 0.4) is 0 Å². The van der Waals surface area contributed by atoms with Crippen molar-refractivity contribution in [2.75, 3.05) is 0 Å². The molecule has 0 fully saturated rings. The Hall–Kier alpha value is -2.22. The van der Waals surface area contributed by atoms with E-state index in [4.69, 9.17) is 5.26 Å². The Morgan fingerprint density at radius 3 is 2.64 bits per heavy atom. The van der Waals surface area contributed by atoms with E-state index in [2.05, 4.69) is 0 Å². The summed E-state index contributed by atoms with van der Waals surface area (Å²) in [5, 5.41) is 19.2. The summed E-state index contributed by atoms with van der Waals surface area (Å²) in [4.78, 5) is 20.4. The summed E-state index contributed by atoms with van der Waals surface area (Å²) in [6.07, 6.45) is 0.459. The minimum atomic E-state index is -0.676. The molecule has 0 amide bonds. The first-order valence-corrected chi connectivity index (χ1v) is 3.75. The van der Waals surface area contributed by atoms with Gasteiger partial charge in [0.2, 0.25) is 0 Å². The summed E-state index contributed by atoms with van der Waals surface area (Å²) in [6, 6.07) is 4.33. The third-order valence-electron chi connectivity index (χ3n) is 1.87. The van der Waals surface area contributed by atoms with Crippen molar-refractivity contribution >= 4 is 12.0 Å².